The molecule has 0 radical (unpaired) electrons. The molecule has 0 aliphatic carbocycles. The van der Waals surface area contributed by atoms with Crippen molar-refractivity contribution in [2.75, 3.05) is 19.6 Å². The minimum Gasteiger partial charge on any atom is -0.485 e. The highest BCUT2D eigenvalue weighted by Gasteiger charge is 2.39. The van der Waals surface area contributed by atoms with E-state index in [1.807, 2.05) is 24.3 Å². The predicted octanol–water partition coefficient (Wildman–Crippen LogP) is 4.00. The maximum Gasteiger partial charge on any atom is 0.255 e. The van der Waals surface area contributed by atoms with E-state index in [1.54, 1.807) is 0 Å². The van der Waals surface area contributed by atoms with Crippen LogP contribution in [0.1, 0.15) is 28.8 Å². The van der Waals surface area contributed by atoms with Crippen molar-refractivity contribution in [3.05, 3.63) is 77.9 Å². The van der Waals surface area contributed by atoms with Gasteiger partial charge in [-0.1, -0.05) is 54.6 Å². The Hall–Kier alpha value is -2.85. The largest absolute Gasteiger partial charge is 0.485 e. The number of benzene rings is 3. The molecule has 0 atom stereocenters. The van der Waals surface area contributed by atoms with Gasteiger partial charge < -0.3 is 10.1 Å². The van der Waals surface area contributed by atoms with E-state index < -0.39 is 0 Å². The summed E-state index contributed by atoms with van der Waals surface area (Å²) in [7, 11) is 0. The van der Waals surface area contributed by atoms with Crippen molar-refractivity contribution in [3.8, 4) is 5.75 Å². The summed E-state index contributed by atoms with van der Waals surface area (Å²) in [6, 6.07) is 22.7. The first-order chi connectivity index (χ1) is 13.7. The molecule has 1 N–H and O–H groups in total. The third-order valence-corrected chi connectivity index (χ3v) is 6.07. The molecule has 28 heavy (non-hydrogen) atoms. The highest BCUT2D eigenvalue weighted by atomic mass is 16.5. The van der Waals surface area contributed by atoms with Crippen LogP contribution in [0.25, 0.3) is 10.8 Å². The summed E-state index contributed by atoms with van der Waals surface area (Å²) < 4.78 is 6.41. The van der Waals surface area contributed by atoms with Gasteiger partial charge in [-0.05, 0) is 28.5 Å². The second-order valence-corrected chi connectivity index (χ2v) is 7.88. The molecule has 0 bridgehead atoms. The second-order valence-electron chi connectivity index (χ2n) is 7.88. The Bertz CT molecular complexity index is 1020. The lowest BCUT2D eigenvalue weighted by atomic mass is 9.90. The Balaban J connectivity index is 1.32. The zero-order chi connectivity index (χ0) is 19.0. The highest BCUT2D eigenvalue weighted by molar-refractivity contribution is 5.97. The fourth-order valence-corrected chi connectivity index (χ4v) is 4.42. The molecule has 1 spiro atoms. The Kier molecular flexibility index (Phi) is 4.29. The molecule has 2 heterocycles. The maximum atomic E-state index is 12.4. The number of hydrogen-bond donors (Lipinski definition) is 1. The van der Waals surface area contributed by atoms with E-state index in [-0.39, 0.29) is 11.5 Å². The van der Waals surface area contributed by atoms with Crippen LogP contribution in [0.4, 0.5) is 0 Å². The summed E-state index contributed by atoms with van der Waals surface area (Å²) in [6.07, 6.45) is 1.82. The summed E-state index contributed by atoms with van der Waals surface area (Å²) in [5.41, 5.74) is 1.70. The summed E-state index contributed by atoms with van der Waals surface area (Å²) in [4.78, 5) is 14.9. The van der Waals surface area contributed by atoms with Gasteiger partial charge in [0.1, 0.15) is 11.4 Å². The molecule has 0 aromatic heterocycles. The van der Waals surface area contributed by atoms with Crippen molar-refractivity contribution in [1.29, 1.82) is 0 Å². The van der Waals surface area contributed by atoms with Crippen molar-refractivity contribution in [2.45, 2.75) is 25.0 Å². The molecule has 3 aromatic carbocycles. The Morgan fingerprint density at radius 1 is 0.929 bits per heavy atom. The molecule has 1 fully saturated rings. The van der Waals surface area contributed by atoms with Gasteiger partial charge in [0.2, 0.25) is 0 Å². The third-order valence-electron chi connectivity index (χ3n) is 6.07. The first kappa shape index (κ1) is 17.3. The molecule has 142 valence electrons. The van der Waals surface area contributed by atoms with Gasteiger partial charge in [0.05, 0.1) is 12.1 Å². The monoisotopic (exact) mass is 372 g/mol. The average molecular weight is 372 g/mol. The fraction of sp³-hybridized carbons (Fsp3) is 0.292. The molecule has 0 saturated carbocycles. The number of nitrogens with one attached hydrogen (secondary N) is 1. The topological polar surface area (TPSA) is 41.6 Å². The molecule has 1 saturated heterocycles. The number of rotatable bonds is 2. The van der Waals surface area contributed by atoms with E-state index in [0.717, 1.165) is 32.5 Å². The zero-order valence-corrected chi connectivity index (χ0v) is 15.9. The van der Waals surface area contributed by atoms with Crippen LogP contribution in [0.5, 0.6) is 5.75 Å². The van der Waals surface area contributed by atoms with Gasteiger partial charge in [0.25, 0.3) is 5.91 Å². The molecule has 2 aliphatic heterocycles. The number of hydrogen-bond acceptors (Lipinski definition) is 3. The molecule has 4 nitrogen and oxygen atoms in total. The Morgan fingerprint density at radius 2 is 1.68 bits per heavy atom. The minimum atomic E-state index is -0.308. The smallest absolute Gasteiger partial charge is 0.255 e. The lowest BCUT2D eigenvalue weighted by Crippen LogP contribution is -2.53. The summed E-state index contributed by atoms with van der Waals surface area (Å²) in [5, 5.41) is 5.69. The highest BCUT2D eigenvalue weighted by Crippen LogP contribution is 2.33. The molecule has 0 unspecified atom stereocenters. The molecule has 1 amide bonds. The van der Waals surface area contributed by atoms with Gasteiger partial charge >= 0.3 is 0 Å². The van der Waals surface area contributed by atoms with E-state index in [0.29, 0.717) is 17.9 Å². The van der Waals surface area contributed by atoms with E-state index in [2.05, 4.69) is 52.7 Å². The fourth-order valence-electron chi connectivity index (χ4n) is 4.42. The normalized spacial score (nSPS) is 18.9. The van der Waals surface area contributed by atoms with Crippen LogP contribution < -0.4 is 10.1 Å². The van der Waals surface area contributed by atoms with Crippen LogP contribution in [0.2, 0.25) is 0 Å². The van der Waals surface area contributed by atoms with Gasteiger partial charge in [-0.2, -0.15) is 0 Å². The molecule has 5 rings (SSSR count). The van der Waals surface area contributed by atoms with Crippen molar-refractivity contribution in [1.82, 2.24) is 10.2 Å². The van der Waals surface area contributed by atoms with Crippen molar-refractivity contribution in [2.24, 2.45) is 0 Å². The van der Waals surface area contributed by atoms with Crippen molar-refractivity contribution >= 4 is 16.7 Å². The average Bonchev–Trinajstić information content (AvgIpc) is 2.87. The third kappa shape index (κ3) is 3.14. The lowest BCUT2D eigenvalue weighted by molar-refractivity contribution is 0.00405. The number of carbonyl (C=O) groups is 1. The SMILES string of the molecule is O=C1NCC2(CCN(Cc3cccc4ccccc34)CC2)Oc2ccccc21. The molecular weight excluding hydrogens is 348 g/mol. The van der Waals surface area contributed by atoms with Crippen molar-refractivity contribution < 1.29 is 9.53 Å². The van der Waals surface area contributed by atoms with Crippen LogP contribution in [0, 0.1) is 0 Å². The first-order valence-corrected chi connectivity index (χ1v) is 9.98. The Morgan fingerprint density at radius 3 is 2.57 bits per heavy atom. The number of nitrogens with zero attached hydrogens (tertiary/aromatic N) is 1. The summed E-state index contributed by atoms with van der Waals surface area (Å²) in [6.45, 7) is 3.44. The van der Waals surface area contributed by atoms with Gasteiger partial charge in [-0.15, -0.1) is 0 Å². The number of amides is 1. The molecule has 3 aromatic rings. The van der Waals surface area contributed by atoms with Gasteiger partial charge in [-0.3, -0.25) is 9.69 Å². The Labute approximate surface area is 165 Å². The molecule has 4 heteroatoms. The number of piperidine rings is 1. The number of para-hydroxylation sites is 1. The molecular formula is C24H24N2O2. The van der Waals surface area contributed by atoms with E-state index >= 15 is 0 Å². The van der Waals surface area contributed by atoms with Crippen LogP contribution in [-0.2, 0) is 6.54 Å². The summed E-state index contributed by atoms with van der Waals surface area (Å²) >= 11 is 0. The predicted molar refractivity (Wildman–Crippen MR) is 111 cm³/mol. The van der Waals surface area contributed by atoms with Crippen LogP contribution >= 0.6 is 0 Å². The van der Waals surface area contributed by atoms with Crippen molar-refractivity contribution in [3.63, 3.8) is 0 Å². The quantitative estimate of drug-likeness (QED) is 0.739. The number of fused-ring (bicyclic) bond motifs is 2. The lowest BCUT2D eigenvalue weighted by Gasteiger charge is -2.41. The van der Waals surface area contributed by atoms with Gasteiger partial charge in [0, 0.05) is 32.5 Å². The van der Waals surface area contributed by atoms with Crippen LogP contribution in [-0.4, -0.2) is 36.0 Å². The van der Waals surface area contributed by atoms with Crippen LogP contribution in [0.3, 0.4) is 0 Å². The maximum absolute atomic E-state index is 12.4. The van der Waals surface area contributed by atoms with E-state index in [4.69, 9.17) is 4.74 Å². The first-order valence-electron chi connectivity index (χ1n) is 9.98. The van der Waals surface area contributed by atoms with Crippen LogP contribution in [0.15, 0.2) is 66.7 Å². The minimum absolute atomic E-state index is 0.0364. The number of likely N-dealkylation sites (tertiary alicyclic amines) is 1. The summed E-state index contributed by atoms with van der Waals surface area (Å²) in [5.74, 6) is 0.672. The number of carbonyl (C=O) groups excluding carboxylic acids is 1. The van der Waals surface area contributed by atoms with E-state index in [9.17, 15) is 4.79 Å². The van der Waals surface area contributed by atoms with Gasteiger partial charge in [0.15, 0.2) is 0 Å². The molecule has 2 aliphatic rings. The standard InChI is InChI=1S/C24H24N2O2/c27-23-21-10-3-4-11-22(21)28-24(17-25-23)12-14-26(15-13-24)16-19-8-5-7-18-6-1-2-9-20(18)19/h1-11H,12-17H2,(H,25,27). The number of ether oxygens (including phenoxy) is 1. The second kappa shape index (κ2) is 6.95. The zero-order valence-electron chi connectivity index (χ0n) is 15.9. The van der Waals surface area contributed by atoms with Gasteiger partial charge in [-0.25, -0.2) is 0 Å². The van der Waals surface area contributed by atoms with E-state index in [1.165, 1.54) is 16.3 Å².